The lowest BCUT2D eigenvalue weighted by atomic mass is 10.1. The van der Waals surface area contributed by atoms with Crippen molar-refractivity contribution in [3.8, 4) is 0 Å². The fraction of sp³-hybridized carbons (Fsp3) is 0.364. The standard InChI is InChI=1S/C22H23Cl2N3O/c1-22(2,3)27-13-15(11-20(27)28)21-25-18-6-4-5-7-19(18)26(21)12-14-8-9-16(23)17(24)10-14/h4-10,15H,11-13H2,1-3H3/t15-/m0/s1. The molecule has 6 heteroatoms. The molecule has 1 saturated heterocycles. The first kappa shape index (κ1) is 19.3. The molecule has 1 aromatic heterocycles. The number of fused-ring (bicyclic) bond motifs is 1. The van der Waals surface area contributed by atoms with Crippen molar-refractivity contribution in [3.63, 3.8) is 0 Å². The van der Waals surface area contributed by atoms with Crippen LogP contribution < -0.4 is 0 Å². The third kappa shape index (κ3) is 3.51. The van der Waals surface area contributed by atoms with Gasteiger partial charge in [0.25, 0.3) is 0 Å². The Morgan fingerprint density at radius 2 is 1.86 bits per heavy atom. The molecule has 0 bridgehead atoms. The molecule has 2 aromatic carbocycles. The van der Waals surface area contributed by atoms with Gasteiger partial charge in [-0.25, -0.2) is 4.98 Å². The van der Waals surface area contributed by atoms with E-state index >= 15 is 0 Å². The summed E-state index contributed by atoms with van der Waals surface area (Å²) in [5.74, 6) is 1.21. The summed E-state index contributed by atoms with van der Waals surface area (Å²) in [6.45, 7) is 7.55. The number of aromatic nitrogens is 2. The zero-order valence-corrected chi connectivity index (χ0v) is 17.8. The van der Waals surface area contributed by atoms with E-state index in [2.05, 4.69) is 31.4 Å². The number of para-hydroxylation sites is 2. The normalized spacial score (nSPS) is 17.7. The number of carbonyl (C=O) groups excluding carboxylic acids is 1. The molecule has 0 spiro atoms. The van der Waals surface area contributed by atoms with E-state index in [4.69, 9.17) is 28.2 Å². The Morgan fingerprint density at radius 3 is 2.54 bits per heavy atom. The third-order valence-corrected chi connectivity index (χ3v) is 6.05. The highest BCUT2D eigenvalue weighted by Crippen LogP contribution is 2.34. The molecule has 146 valence electrons. The first-order chi connectivity index (χ1) is 13.2. The number of carbonyl (C=O) groups is 1. The van der Waals surface area contributed by atoms with Crippen molar-refractivity contribution in [2.75, 3.05) is 6.54 Å². The number of rotatable bonds is 3. The van der Waals surface area contributed by atoms with Crippen LogP contribution in [-0.4, -0.2) is 32.4 Å². The van der Waals surface area contributed by atoms with Crippen LogP contribution in [0, 0.1) is 0 Å². The monoisotopic (exact) mass is 415 g/mol. The zero-order valence-electron chi connectivity index (χ0n) is 16.2. The van der Waals surface area contributed by atoms with Crippen molar-refractivity contribution in [1.29, 1.82) is 0 Å². The van der Waals surface area contributed by atoms with Gasteiger partial charge in [-0.05, 0) is 50.6 Å². The van der Waals surface area contributed by atoms with Crippen LogP contribution in [0.15, 0.2) is 42.5 Å². The summed E-state index contributed by atoms with van der Waals surface area (Å²) < 4.78 is 2.21. The maximum atomic E-state index is 12.6. The molecule has 1 atom stereocenters. The minimum Gasteiger partial charge on any atom is -0.337 e. The number of hydrogen-bond acceptors (Lipinski definition) is 2. The highest BCUT2D eigenvalue weighted by Gasteiger charge is 2.39. The van der Waals surface area contributed by atoms with Crippen LogP contribution >= 0.6 is 23.2 Å². The van der Waals surface area contributed by atoms with Crippen molar-refractivity contribution >= 4 is 40.1 Å². The number of amides is 1. The van der Waals surface area contributed by atoms with Gasteiger partial charge in [0.1, 0.15) is 5.82 Å². The molecular weight excluding hydrogens is 393 g/mol. The summed E-state index contributed by atoms with van der Waals surface area (Å²) in [5, 5.41) is 1.09. The molecule has 1 fully saturated rings. The van der Waals surface area contributed by atoms with E-state index in [1.165, 1.54) is 0 Å². The number of likely N-dealkylation sites (tertiary alicyclic amines) is 1. The van der Waals surface area contributed by atoms with Crippen molar-refractivity contribution in [3.05, 3.63) is 63.9 Å². The van der Waals surface area contributed by atoms with Gasteiger partial charge in [-0.2, -0.15) is 0 Å². The number of benzene rings is 2. The van der Waals surface area contributed by atoms with Crippen LogP contribution in [0.4, 0.5) is 0 Å². The largest absolute Gasteiger partial charge is 0.337 e. The predicted molar refractivity (Wildman–Crippen MR) is 114 cm³/mol. The van der Waals surface area contributed by atoms with E-state index < -0.39 is 0 Å². The minimum absolute atomic E-state index is 0.0712. The van der Waals surface area contributed by atoms with E-state index in [1.54, 1.807) is 0 Å². The van der Waals surface area contributed by atoms with Gasteiger partial charge in [0.15, 0.2) is 0 Å². The fourth-order valence-corrected chi connectivity index (χ4v) is 4.24. The van der Waals surface area contributed by atoms with Gasteiger partial charge < -0.3 is 9.47 Å². The van der Waals surface area contributed by atoms with Crippen molar-refractivity contribution < 1.29 is 4.79 Å². The van der Waals surface area contributed by atoms with E-state index in [1.807, 2.05) is 41.3 Å². The van der Waals surface area contributed by atoms with Gasteiger partial charge in [0.2, 0.25) is 5.91 Å². The molecule has 2 heterocycles. The Balaban J connectivity index is 1.76. The lowest BCUT2D eigenvalue weighted by Crippen LogP contribution is -2.42. The molecule has 28 heavy (non-hydrogen) atoms. The molecule has 1 aliphatic heterocycles. The molecule has 4 rings (SSSR count). The van der Waals surface area contributed by atoms with E-state index in [9.17, 15) is 4.79 Å². The summed E-state index contributed by atoms with van der Waals surface area (Å²) >= 11 is 12.3. The first-order valence-corrected chi connectivity index (χ1v) is 10.2. The van der Waals surface area contributed by atoms with Crippen LogP contribution in [0.3, 0.4) is 0 Å². The van der Waals surface area contributed by atoms with Gasteiger partial charge in [-0.1, -0.05) is 41.4 Å². The Morgan fingerprint density at radius 1 is 1.11 bits per heavy atom. The second-order valence-corrected chi connectivity index (χ2v) is 9.18. The molecule has 0 unspecified atom stereocenters. The van der Waals surface area contributed by atoms with Crippen LogP contribution in [0.2, 0.25) is 10.0 Å². The number of nitrogens with zero attached hydrogens (tertiary/aromatic N) is 3. The van der Waals surface area contributed by atoms with E-state index in [0.29, 0.717) is 29.6 Å². The summed E-state index contributed by atoms with van der Waals surface area (Å²) in [4.78, 5) is 19.5. The quantitative estimate of drug-likeness (QED) is 0.565. The van der Waals surface area contributed by atoms with Crippen molar-refractivity contribution in [1.82, 2.24) is 14.5 Å². The average molecular weight is 416 g/mol. The second kappa shape index (κ2) is 7.09. The molecule has 0 aliphatic carbocycles. The Bertz CT molecular complexity index is 1050. The smallest absolute Gasteiger partial charge is 0.223 e. The predicted octanol–water partition coefficient (Wildman–Crippen LogP) is 5.51. The summed E-state index contributed by atoms with van der Waals surface area (Å²) in [6.07, 6.45) is 0.488. The lowest BCUT2D eigenvalue weighted by molar-refractivity contribution is -0.131. The molecule has 0 N–H and O–H groups in total. The summed E-state index contributed by atoms with van der Waals surface area (Å²) in [6, 6.07) is 13.8. The van der Waals surface area contributed by atoms with E-state index in [-0.39, 0.29) is 17.4 Å². The lowest BCUT2D eigenvalue weighted by Gasteiger charge is -2.32. The third-order valence-electron chi connectivity index (χ3n) is 5.31. The molecule has 3 aromatic rings. The average Bonchev–Trinajstić information content (AvgIpc) is 3.19. The summed E-state index contributed by atoms with van der Waals surface area (Å²) in [7, 11) is 0. The zero-order chi connectivity index (χ0) is 20.1. The molecule has 0 saturated carbocycles. The van der Waals surface area contributed by atoms with Crippen molar-refractivity contribution in [2.24, 2.45) is 0 Å². The van der Waals surface area contributed by atoms with Crippen LogP contribution in [0.1, 0.15) is 44.5 Å². The number of imidazole rings is 1. The van der Waals surface area contributed by atoms with E-state index in [0.717, 1.165) is 22.4 Å². The Hall–Kier alpha value is -2.04. The molecular formula is C22H23Cl2N3O. The van der Waals surface area contributed by atoms with Gasteiger partial charge >= 0.3 is 0 Å². The number of hydrogen-bond donors (Lipinski definition) is 0. The van der Waals surface area contributed by atoms with Gasteiger partial charge in [-0.3, -0.25) is 4.79 Å². The number of halogens is 2. The Kier molecular flexibility index (Phi) is 4.88. The second-order valence-electron chi connectivity index (χ2n) is 8.37. The summed E-state index contributed by atoms with van der Waals surface area (Å²) in [5.41, 5.74) is 2.87. The van der Waals surface area contributed by atoms with Crippen molar-refractivity contribution in [2.45, 2.75) is 45.2 Å². The maximum absolute atomic E-state index is 12.6. The molecule has 1 aliphatic rings. The highest BCUT2D eigenvalue weighted by atomic mass is 35.5. The minimum atomic E-state index is -0.188. The highest BCUT2D eigenvalue weighted by molar-refractivity contribution is 6.42. The SMILES string of the molecule is CC(C)(C)N1C[C@@H](c2nc3ccccc3n2Cc2ccc(Cl)c(Cl)c2)CC1=O. The first-order valence-electron chi connectivity index (χ1n) is 9.43. The topological polar surface area (TPSA) is 38.1 Å². The van der Waals surface area contributed by atoms with Crippen LogP contribution in [0.25, 0.3) is 11.0 Å². The Labute approximate surface area is 175 Å². The molecule has 1 amide bonds. The van der Waals surface area contributed by atoms with Crippen LogP contribution in [0.5, 0.6) is 0 Å². The molecule has 0 radical (unpaired) electrons. The van der Waals surface area contributed by atoms with Gasteiger partial charge in [0, 0.05) is 31.0 Å². The molecule has 4 nitrogen and oxygen atoms in total. The maximum Gasteiger partial charge on any atom is 0.223 e. The van der Waals surface area contributed by atoms with Gasteiger partial charge in [-0.15, -0.1) is 0 Å². The van der Waals surface area contributed by atoms with Gasteiger partial charge in [0.05, 0.1) is 21.1 Å². The van der Waals surface area contributed by atoms with Crippen LogP contribution in [-0.2, 0) is 11.3 Å². The fourth-order valence-electron chi connectivity index (χ4n) is 3.92.